The molecule has 0 fully saturated rings. The highest BCUT2D eigenvalue weighted by Crippen LogP contribution is 2.53. The number of hydrogen-bond acceptors (Lipinski definition) is 2. The van der Waals surface area contributed by atoms with E-state index in [-0.39, 0.29) is 12.0 Å². The Bertz CT molecular complexity index is 2360. The highest BCUT2D eigenvalue weighted by Gasteiger charge is 2.38. The summed E-state index contributed by atoms with van der Waals surface area (Å²) in [6, 6.07) is 37.3. The number of hydrogen-bond donors (Lipinski definition) is 0. The Morgan fingerprint density at radius 3 is 2.48 bits per heavy atom. The lowest BCUT2D eigenvalue weighted by molar-refractivity contribution is 0.766. The van der Waals surface area contributed by atoms with Crippen molar-refractivity contribution in [2.45, 2.75) is 41.4 Å². The zero-order valence-corrected chi connectivity index (χ0v) is 28.5. The molecule has 2 aliphatic heterocycles. The first kappa shape index (κ1) is 29.6. The van der Waals surface area contributed by atoms with Crippen molar-refractivity contribution in [3.63, 3.8) is 0 Å². The van der Waals surface area contributed by atoms with E-state index in [0.29, 0.717) is 11.2 Å². The van der Waals surface area contributed by atoms with E-state index in [1.807, 2.05) is 11.8 Å². The number of amidine groups is 1. The van der Waals surface area contributed by atoms with Crippen LogP contribution in [0.25, 0.3) is 39.1 Å². The van der Waals surface area contributed by atoms with Crippen molar-refractivity contribution < 1.29 is 0 Å². The molecular formula is C46H36N3S-. The van der Waals surface area contributed by atoms with Crippen LogP contribution in [0.5, 0.6) is 0 Å². The van der Waals surface area contributed by atoms with Crippen LogP contribution >= 0.6 is 11.8 Å². The van der Waals surface area contributed by atoms with Crippen molar-refractivity contribution in [3.8, 4) is 11.1 Å². The number of aliphatic imine (C=N–C) groups is 1. The zero-order chi connectivity index (χ0) is 33.0. The molecule has 0 saturated heterocycles. The molecule has 3 heterocycles. The summed E-state index contributed by atoms with van der Waals surface area (Å²) in [4.78, 5) is 6.72. The second-order valence-electron chi connectivity index (χ2n) is 13.7. The van der Waals surface area contributed by atoms with Crippen LogP contribution in [0.15, 0.2) is 173 Å². The number of rotatable bonds is 5. The van der Waals surface area contributed by atoms with E-state index < -0.39 is 0 Å². The Kier molecular flexibility index (Phi) is 7.23. The van der Waals surface area contributed by atoms with Gasteiger partial charge in [0, 0.05) is 39.2 Å². The van der Waals surface area contributed by atoms with E-state index in [9.17, 15) is 0 Å². The molecule has 3 nitrogen and oxygen atoms in total. The molecule has 3 aliphatic carbocycles. The normalized spacial score (nSPS) is 23.3. The third-order valence-corrected chi connectivity index (χ3v) is 12.1. The Balaban J connectivity index is 1.02. The third kappa shape index (κ3) is 5.01. The molecule has 4 aromatic carbocycles. The van der Waals surface area contributed by atoms with Gasteiger partial charge in [-0.25, -0.2) is 0 Å². The summed E-state index contributed by atoms with van der Waals surface area (Å²) in [5.74, 6) is 1.35. The van der Waals surface area contributed by atoms with Crippen LogP contribution in [0.3, 0.4) is 0 Å². The van der Waals surface area contributed by atoms with Crippen molar-refractivity contribution in [3.05, 3.63) is 191 Å². The maximum Gasteiger partial charge on any atom is 0.0604 e. The van der Waals surface area contributed by atoms with Gasteiger partial charge in [-0.05, 0) is 76.9 Å². The summed E-state index contributed by atoms with van der Waals surface area (Å²) in [7, 11) is 0. The van der Waals surface area contributed by atoms with Crippen molar-refractivity contribution >= 4 is 40.3 Å². The molecule has 10 rings (SSSR count). The number of aromatic nitrogens is 1. The lowest BCUT2D eigenvalue weighted by atomic mass is 9.89. The highest BCUT2D eigenvalue weighted by atomic mass is 32.2. The molecule has 4 heteroatoms. The molecule has 0 bridgehead atoms. The van der Waals surface area contributed by atoms with Crippen molar-refractivity contribution in [2.75, 3.05) is 0 Å². The maximum atomic E-state index is 5.40. The standard InChI is InChI=1S/C46H36N3S/c1-3-12-30(13-4-1)31-22-24-33(25-23-31)40-29-39(32-14-5-2-6-15-32)47-46(48-40)34-26-27-36-35-16-7-9-19-41(35)49(43(36)28-34)42-20-11-18-38-37-17-8-10-21-44(37)50-45(38)42/h1,3-5,7-27,29,34,38,40,45H,2,6,28H2/q-1. The van der Waals surface area contributed by atoms with Gasteiger partial charge in [0.05, 0.1) is 10.8 Å². The quantitative estimate of drug-likeness (QED) is 0.184. The Morgan fingerprint density at radius 2 is 1.60 bits per heavy atom. The predicted octanol–water partition coefficient (Wildman–Crippen LogP) is 11.8. The fourth-order valence-electron chi connectivity index (χ4n) is 8.26. The van der Waals surface area contributed by atoms with Gasteiger partial charge in [-0.1, -0.05) is 145 Å². The molecule has 5 aliphatic rings. The molecule has 0 radical (unpaired) electrons. The number of nitrogens with zero attached hydrogens (tertiary/aromatic N) is 3. The lowest BCUT2D eigenvalue weighted by Crippen LogP contribution is -2.24. The van der Waals surface area contributed by atoms with E-state index in [4.69, 9.17) is 10.3 Å². The molecule has 4 unspecified atom stereocenters. The third-order valence-electron chi connectivity index (χ3n) is 10.7. The monoisotopic (exact) mass is 662 g/mol. The Morgan fingerprint density at radius 1 is 0.780 bits per heavy atom. The average molecular weight is 663 g/mol. The van der Waals surface area contributed by atoms with Crippen LogP contribution in [0.2, 0.25) is 0 Å². The van der Waals surface area contributed by atoms with E-state index in [2.05, 4.69) is 162 Å². The van der Waals surface area contributed by atoms with Gasteiger partial charge in [0.15, 0.2) is 0 Å². The first-order chi connectivity index (χ1) is 24.8. The molecular weight excluding hydrogens is 627 g/mol. The van der Waals surface area contributed by atoms with Crippen LogP contribution in [-0.2, 0) is 6.42 Å². The van der Waals surface area contributed by atoms with E-state index in [1.54, 1.807) is 0 Å². The summed E-state index contributed by atoms with van der Waals surface area (Å²) >= 11 is 2.01. The molecule has 0 spiro atoms. The molecule has 242 valence electrons. The lowest BCUT2D eigenvalue weighted by Gasteiger charge is -2.38. The second kappa shape index (κ2) is 12.2. The molecule has 50 heavy (non-hydrogen) atoms. The molecule has 0 saturated carbocycles. The number of allylic oxidation sites excluding steroid dienone is 6. The van der Waals surface area contributed by atoms with Crippen molar-refractivity contribution in [1.82, 2.24) is 4.57 Å². The first-order valence-corrected chi connectivity index (χ1v) is 18.6. The summed E-state index contributed by atoms with van der Waals surface area (Å²) in [5.41, 5.74) is 12.6. The molecule has 5 aromatic rings. The second-order valence-corrected chi connectivity index (χ2v) is 14.9. The fraction of sp³-hybridized carbons (Fsp3) is 0.152. The average Bonchev–Trinajstić information content (AvgIpc) is 3.74. The van der Waals surface area contributed by atoms with Crippen LogP contribution in [0.1, 0.15) is 47.2 Å². The number of thioether (sulfide) groups is 1. The maximum absolute atomic E-state index is 5.40. The highest BCUT2D eigenvalue weighted by molar-refractivity contribution is 8.00. The molecule has 1 aromatic heterocycles. The molecule has 4 atom stereocenters. The smallest absolute Gasteiger partial charge is 0.0604 e. The fourth-order valence-corrected chi connectivity index (χ4v) is 9.72. The number of fused-ring (bicyclic) bond motifs is 6. The van der Waals surface area contributed by atoms with Gasteiger partial charge in [0.25, 0.3) is 0 Å². The van der Waals surface area contributed by atoms with E-state index in [0.717, 1.165) is 30.8 Å². The van der Waals surface area contributed by atoms with Gasteiger partial charge < -0.3 is 14.9 Å². The first-order valence-electron chi connectivity index (χ1n) is 17.8. The van der Waals surface area contributed by atoms with E-state index in [1.165, 1.54) is 60.6 Å². The van der Waals surface area contributed by atoms with Crippen LogP contribution in [0.4, 0.5) is 0 Å². The molecule has 0 amide bonds. The SMILES string of the molecule is C1=CC2c3ccccc3SC2C(n2c3c(c4ccccc42)C=CC(C2=NC(C4=CCCC=C4)=CC(c4ccc(-c5ccccc5)cc4)[N-]2)C3)=C1. The van der Waals surface area contributed by atoms with E-state index >= 15 is 0 Å². The van der Waals surface area contributed by atoms with Gasteiger partial charge in [-0.2, -0.15) is 0 Å². The summed E-state index contributed by atoms with van der Waals surface area (Å²) < 4.78 is 2.58. The molecule has 0 N–H and O–H groups in total. The minimum absolute atomic E-state index is 0.0671. The van der Waals surface area contributed by atoms with Gasteiger partial charge in [-0.15, -0.1) is 11.8 Å². The Labute approximate surface area is 297 Å². The summed E-state index contributed by atoms with van der Waals surface area (Å²) in [5, 5.41) is 7.05. The van der Waals surface area contributed by atoms with Crippen molar-refractivity contribution in [2.24, 2.45) is 10.9 Å². The largest absolute Gasteiger partial charge is 0.457 e. The predicted molar refractivity (Wildman–Crippen MR) is 210 cm³/mol. The summed E-state index contributed by atoms with van der Waals surface area (Å²) in [6.07, 6.45) is 23.8. The summed E-state index contributed by atoms with van der Waals surface area (Å²) in [6.45, 7) is 0. The van der Waals surface area contributed by atoms with Crippen LogP contribution in [0, 0.1) is 5.92 Å². The number of para-hydroxylation sites is 1. The van der Waals surface area contributed by atoms with Gasteiger partial charge in [0.1, 0.15) is 0 Å². The topological polar surface area (TPSA) is 31.4 Å². The van der Waals surface area contributed by atoms with Gasteiger partial charge in [0.2, 0.25) is 0 Å². The van der Waals surface area contributed by atoms with Gasteiger partial charge >= 0.3 is 0 Å². The zero-order valence-electron chi connectivity index (χ0n) is 27.7. The Hall–Kier alpha value is -5.32. The van der Waals surface area contributed by atoms with Crippen LogP contribution in [-0.4, -0.2) is 15.7 Å². The van der Waals surface area contributed by atoms with Crippen molar-refractivity contribution in [1.29, 1.82) is 0 Å². The minimum atomic E-state index is -0.0976. The van der Waals surface area contributed by atoms with Gasteiger partial charge in [-0.3, -0.25) is 0 Å². The number of benzene rings is 4. The minimum Gasteiger partial charge on any atom is -0.457 e. The van der Waals surface area contributed by atoms with Crippen LogP contribution < -0.4 is 0 Å².